The number of aromatic amines is 1. The number of carbonyl (C=O) groups excluding carboxylic acids is 1. The van der Waals surface area contributed by atoms with E-state index in [1.54, 1.807) is 12.4 Å². The quantitative estimate of drug-likeness (QED) is 0.750. The van der Waals surface area contributed by atoms with Crippen LogP contribution in [0.15, 0.2) is 35.1 Å². The lowest BCUT2D eigenvalue weighted by atomic mass is 10.2. The van der Waals surface area contributed by atoms with E-state index in [4.69, 9.17) is 0 Å². The number of aromatic nitrogens is 2. The lowest BCUT2D eigenvalue weighted by molar-refractivity contribution is 0.0937. The molecule has 2 rings (SSSR count). The van der Waals surface area contributed by atoms with E-state index in [0.717, 1.165) is 13.9 Å². The number of imidazole rings is 1. The molecule has 0 aliphatic heterocycles. The zero-order valence-corrected chi connectivity index (χ0v) is 13.3. The van der Waals surface area contributed by atoms with Gasteiger partial charge in [-0.25, -0.2) is 4.98 Å². The fourth-order valence-electron chi connectivity index (χ4n) is 1.53. The number of hydrogen-bond donors (Lipinski definition) is 2. The van der Waals surface area contributed by atoms with Gasteiger partial charge < -0.3 is 10.3 Å². The lowest BCUT2D eigenvalue weighted by Crippen LogP contribution is -2.28. The molecule has 0 aliphatic carbocycles. The molecule has 0 fully saturated rings. The minimum Gasteiger partial charge on any atom is -0.347 e. The summed E-state index contributed by atoms with van der Waals surface area (Å²) in [7, 11) is 0. The van der Waals surface area contributed by atoms with Crippen molar-refractivity contribution in [2.75, 3.05) is 0 Å². The van der Waals surface area contributed by atoms with Crippen LogP contribution >= 0.6 is 38.5 Å². The second kappa shape index (κ2) is 5.83. The van der Waals surface area contributed by atoms with E-state index in [1.165, 1.54) is 0 Å². The number of benzene rings is 1. The van der Waals surface area contributed by atoms with Gasteiger partial charge in [0.1, 0.15) is 5.82 Å². The fourth-order valence-corrected chi connectivity index (χ4v) is 2.47. The van der Waals surface area contributed by atoms with Crippen molar-refractivity contribution in [3.63, 3.8) is 0 Å². The van der Waals surface area contributed by atoms with Gasteiger partial charge in [0.15, 0.2) is 0 Å². The van der Waals surface area contributed by atoms with E-state index in [1.807, 2.05) is 25.1 Å². The van der Waals surface area contributed by atoms with E-state index < -0.39 is 0 Å². The molecule has 1 atom stereocenters. The number of rotatable bonds is 3. The molecular weight excluding hydrogens is 409 g/mol. The van der Waals surface area contributed by atoms with Gasteiger partial charge in [0, 0.05) is 20.4 Å². The molecule has 94 valence electrons. The molecule has 1 aromatic heterocycles. The first-order chi connectivity index (χ1) is 8.58. The highest BCUT2D eigenvalue weighted by atomic mass is 127. The van der Waals surface area contributed by atoms with Gasteiger partial charge >= 0.3 is 0 Å². The van der Waals surface area contributed by atoms with E-state index >= 15 is 0 Å². The van der Waals surface area contributed by atoms with Gasteiger partial charge in [0.05, 0.1) is 11.6 Å². The molecule has 1 amide bonds. The van der Waals surface area contributed by atoms with Crippen LogP contribution in [-0.2, 0) is 0 Å². The zero-order valence-electron chi connectivity index (χ0n) is 9.58. The Morgan fingerprint density at radius 1 is 1.56 bits per heavy atom. The van der Waals surface area contributed by atoms with Crippen LogP contribution in [0.2, 0.25) is 0 Å². The Balaban J connectivity index is 2.15. The lowest BCUT2D eigenvalue weighted by Gasteiger charge is -2.12. The minimum absolute atomic E-state index is 0.107. The first kappa shape index (κ1) is 13.5. The molecule has 2 N–H and O–H groups in total. The van der Waals surface area contributed by atoms with Crippen molar-refractivity contribution < 1.29 is 4.79 Å². The van der Waals surface area contributed by atoms with Crippen molar-refractivity contribution >= 4 is 44.4 Å². The maximum atomic E-state index is 12.1. The van der Waals surface area contributed by atoms with Crippen LogP contribution in [0.1, 0.15) is 29.1 Å². The molecule has 6 heteroatoms. The van der Waals surface area contributed by atoms with E-state index in [9.17, 15) is 4.79 Å². The van der Waals surface area contributed by atoms with Crippen LogP contribution in [0.3, 0.4) is 0 Å². The molecule has 0 spiro atoms. The standard InChI is InChI=1S/C12H11BrIN3O/c1-7(11-15-4-5-16-11)17-12(18)9-6-8(13)2-3-10(9)14/h2-7H,1H3,(H,15,16)(H,17,18). The predicted octanol–water partition coefficient (Wildman–Crippen LogP) is 3.27. The summed E-state index contributed by atoms with van der Waals surface area (Å²) in [6.07, 6.45) is 3.40. The number of carbonyl (C=O) groups is 1. The third-order valence-electron chi connectivity index (χ3n) is 2.45. The Hall–Kier alpha value is -0.890. The number of halogens is 2. The van der Waals surface area contributed by atoms with Gasteiger partial charge in [-0.3, -0.25) is 4.79 Å². The Labute approximate surface area is 127 Å². The largest absolute Gasteiger partial charge is 0.347 e. The van der Waals surface area contributed by atoms with Crippen LogP contribution < -0.4 is 5.32 Å². The Kier molecular flexibility index (Phi) is 4.39. The maximum Gasteiger partial charge on any atom is 0.252 e. The summed E-state index contributed by atoms with van der Waals surface area (Å²) in [4.78, 5) is 19.2. The number of nitrogens with zero attached hydrogens (tertiary/aromatic N) is 1. The van der Waals surface area contributed by atoms with Crippen molar-refractivity contribution in [1.29, 1.82) is 0 Å². The summed E-state index contributed by atoms with van der Waals surface area (Å²) in [6, 6.07) is 5.47. The molecule has 0 aliphatic rings. The molecule has 18 heavy (non-hydrogen) atoms. The molecule has 0 bridgehead atoms. The number of amides is 1. The van der Waals surface area contributed by atoms with Crippen molar-refractivity contribution in [2.24, 2.45) is 0 Å². The summed E-state index contributed by atoms with van der Waals surface area (Å²) in [5.41, 5.74) is 0.656. The highest BCUT2D eigenvalue weighted by Gasteiger charge is 2.15. The van der Waals surface area contributed by atoms with Crippen molar-refractivity contribution in [1.82, 2.24) is 15.3 Å². The minimum atomic E-state index is -0.151. The molecule has 4 nitrogen and oxygen atoms in total. The molecule has 0 saturated heterocycles. The Morgan fingerprint density at radius 2 is 2.33 bits per heavy atom. The molecule has 1 aromatic carbocycles. The van der Waals surface area contributed by atoms with E-state index in [0.29, 0.717) is 5.56 Å². The van der Waals surface area contributed by atoms with Crippen LogP contribution in [-0.4, -0.2) is 15.9 Å². The van der Waals surface area contributed by atoms with Gasteiger partial charge in [-0.05, 0) is 47.7 Å². The smallest absolute Gasteiger partial charge is 0.252 e. The number of hydrogen-bond acceptors (Lipinski definition) is 2. The molecule has 2 aromatic rings. The van der Waals surface area contributed by atoms with E-state index in [2.05, 4.69) is 53.8 Å². The van der Waals surface area contributed by atoms with Gasteiger partial charge in [-0.1, -0.05) is 15.9 Å². The molecule has 0 saturated carbocycles. The van der Waals surface area contributed by atoms with Gasteiger partial charge in [0.25, 0.3) is 5.91 Å². The maximum absolute atomic E-state index is 12.1. The second-order valence-corrected chi connectivity index (χ2v) is 5.87. The number of nitrogens with one attached hydrogen (secondary N) is 2. The SMILES string of the molecule is CC(NC(=O)c1cc(Br)ccc1I)c1ncc[nH]1. The summed E-state index contributed by atoms with van der Waals surface area (Å²) in [5.74, 6) is 0.637. The summed E-state index contributed by atoms with van der Waals surface area (Å²) < 4.78 is 1.80. The molecular formula is C12H11BrIN3O. The average Bonchev–Trinajstić information content (AvgIpc) is 2.85. The first-order valence-corrected chi connectivity index (χ1v) is 7.20. The van der Waals surface area contributed by atoms with Crippen molar-refractivity contribution in [3.05, 3.63) is 50.0 Å². The molecule has 0 radical (unpaired) electrons. The normalized spacial score (nSPS) is 12.2. The van der Waals surface area contributed by atoms with Gasteiger partial charge in [-0.2, -0.15) is 0 Å². The third kappa shape index (κ3) is 3.11. The van der Waals surface area contributed by atoms with Crippen LogP contribution in [0.25, 0.3) is 0 Å². The van der Waals surface area contributed by atoms with Crippen molar-refractivity contribution in [3.8, 4) is 0 Å². The summed E-state index contributed by atoms with van der Waals surface area (Å²) >= 11 is 5.52. The number of H-pyrrole nitrogens is 1. The fraction of sp³-hybridized carbons (Fsp3) is 0.167. The Bertz CT molecular complexity index is 556. The van der Waals surface area contributed by atoms with Gasteiger partial charge in [-0.15, -0.1) is 0 Å². The molecule has 1 unspecified atom stereocenters. The summed E-state index contributed by atoms with van der Waals surface area (Å²) in [6.45, 7) is 1.89. The van der Waals surface area contributed by atoms with Crippen LogP contribution in [0.5, 0.6) is 0 Å². The Morgan fingerprint density at radius 3 is 3.00 bits per heavy atom. The van der Waals surface area contributed by atoms with Gasteiger partial charge in [0.2, 0.25) is 0 Å². The van der Waals surface area contributed by atoms with Crippen molar-refractivity contribution in [2.45, 2.75) is 13.0 Å². The molecule has 1 heterocycles. The monoisotopic (exact) mass is 419 g/mol. The first-order valence-electron chi connectivity index (χ1n) is 5.33. The third-order valence-corrected chi connectivity index (χ3v) is 3.88. The average molecular weight is 420 g/mol. The van der Waals surface area contributed by atoms with E-state index in [-0.39, 0.29) is 11.9 Å². The highest BCUT2D eigenvalue weighted by Crippen LogP contribution is 2.19. The zero-order chi connectivity index (χ0) is 13.1. The second-order valence-electron chi connectivity index (χ2n) is 3.79. The van der Waals surface area contributed by atoms with Crippen LogP contribution in [0, 0.1) is 3.57 Å². The highest BCUT2D eigenvalue weighted by molar-refractivity contribution is 14.1. The topological polar surface area (TPSA) is 57.8 Å². The van der Waals surface area contributed by atoms with Crippen LogP contribution in [0.4, 0.5) is 0 Å². The summed E-state index contributed by atoms with van der Waals surface area (Å²) in [5, 5.41) is 2.91. The predicted molar refractivity (Wildman–Crippen MR) is 81.3 cm³/mol.